The number of nitrogens with one attached hydrogen (secondary N) is 1. The van der Waals surface area contributed by atoms with Crippen LogP contribution in [0.5, 0.6) is 0 Å². The Hall–Kier alpha value is -0.610. The summed E-state index contributed by atoms with van der Waals surface area (Å²) in [6.45, 7) is 6.81. The molecule has 4 heteroatoms. The van der Waals surface area contributed by atoms with Gasteiger partial charge in [0.15, 0.2) is 0 Å². The minimum absolute atomic E-state index is 0.321. The number of unbranched alkanes of at least 4 members (excludes halogenated alkanes) is 1. The van der Waals surface area contributed by atoms with Crippen LogP contribution in [0.15, 0.2) is 0 Å². The van der Waals surface area contributed by atoms with E-state index in [0.29, 0.717) is 18.4 Å². The van der Waals surface area contributed by atoms with Gasteiger partial charge < -0.3 is 15.3 Å². The van der Waals surface area contributed by atoms with E-state index in [2.05, 4.69) is 17.1 Å². The predicted octanol–water partition coefficient (Wildman–Crippen LogP) is 2.34. The molecule has 0 bridgehead atoms. The number of carboxylic acid groups (broad SMARTS) is 1. The Bertz CT molecular complexity index is 305. The molecule has 0 spiro atoms. The van der Waals surface area contributed by atoms with E-state index in [0.717, 1.165) is 38.4 Å². The van der Waals surface area contributed by atoms with Crippen LogP contribution >= 0.6 is 0 Å². The number of hydrogen-bond acceptors (Lipinski definition) is 3. The van der Waals surface area contributed by atoms with E-state index in [1.165, 1.54) is 32.2 Å². The van der Waals surface area contributed by atoms with Gasteiger partial charge in [0.2, 0.25) is 0 Å². The molecule has 0 aromatic rings. The van der Waals surface area contributed by atoms with Crippen molar-refractivity contribution in [2.24, 2.45) is 11.8 Å². The van der Waals surface area contributed by atoms with Crippen LogP contribution in [0.4, 0.5) is 0 Å². The van der Waals surface area contributed by atoms with Gasteiger partial charge in [-0.1, -0.05) is 13.3 Å². The number of rotatable bonds is 9. The van der Waals surface area contributed by atoms with E-state index in [1.807, 2.05) is 0 Å². The SMILES string of the molecule is CCCCN1CC(CCC(=O)O)CC(NCC2CC2)C1. The number of piperidine rings is 1. The summed E-state index contributed by atoms with van der Waals surface area (Å²) in [6.07, 6.45) is 7.57. The van der Waals surface area contributed by atoms with Crippen molar-refractivity contribution in [2.75, 3.05) is 26.2 Å². The monoisotopic (exact) mass is 282 g/mol. The highest BCUT2D eigenvalue weighted by Gasteiger charge is 2.29. The van der Waals surface area contributed by atoms with Crippen LogP contribution in [0.25, 0.3) is 0 Å². The predicted molar refractivity (Wildman–Crippen MR) is 80.8 cm³/mol. The minimum atomic E-state index is -0.654. The molecule has 4 nitrogen and oxygen atoms in total. The quantitative estimate of drug-likeness (QED) is 0.681. The van der Waals surface area contributed by atoms with Gasteiger partial charge in [0.05, 0.1) is 0 Å². The minimum Gasteiger partial charge on any atom is -0.481 e. The van der Waals surface area contributed by atoms with Crippen molar-refractivity contribution in [2.45, 2.75) is 57.9 Å². The van der Waals surface area contributed by atoms with E-state index in [9.17, 15) is 4.79 Å². The molecule has 20 heavy (non-hydrogen) atoms. The lowest BCUT2D eigenvalue weighted by atomic mass is 9.90. The normalized spacial score (nSPS) is 27.6. The fourth-order valence-electron chi connectivity index (χ4n) is 3.21. The van der Waals surface area contributed by atoms with Crippen LogP contribution in [0.2, 0.25) is 0 Å². The summed E-state index contributed by atoms with van der Waals surface area (Å²) >= 11 is 0. The van der Waals surface area contributed by atoms with Gasteiger partial charge in [-0.2, -0.15) is 0 Å². The third-order valence-corrected chi connectivity index (χ3v) is 4.60. The Morgan fingerprint density at radius 1 is 1.30 bits per heavy atom. The smallest absolute Gasteiger partial charge is 0.303 e. The fraction of sp³-hybridized carbons (Fsp3) is 0.938. The zero-order valence-corrected chi connectivity index (χ0v) is 12.8. The van der Waals surface area contributed by atoms with Crippen molar-refractivity contribution in [1.29, 1.82) is 0 Å². The number of hydrogen-bond donors (Lipinski definition) is 2. The van der Waals surface area contributed by atoms with Gasteiger partial charge in [0.1, 0.15) is 0 Å². The van der Waals surface area contributed by atoms with E-state index < -0.39 is 5.97 Å². The van der Waals surface area contributed by atoms with E-state index in [1.54, 1.807) is 0 Å². The second-order valence-corrected chi connectivity index (χ2v) is 6.70. The molecule has 0 aromatic heterocycles. The second kappa shape index (κ2) is 7.99. The highest BCUT2D eigenvalue weighted by atomic mass is 16.4. The van der Waals surface area contributed by atoms with Crippen LogP contribution in [-0.4, -0.2) is 48.2 Å². The van der Waals surface area contributed by atoms with Crippen LogP contribution < -0.4 is 5.32 Å². The lowest BCUT2D eigenvalue weighted by Gasteiger charge is -2.38. The summed E-state index contributed by atoms with van der Waals surface area (Å²) in [4.78, 5) is 13.3. The molecule has 1 heterocycles. The number of nitrogens with zero attached hydrogens (tertiary/aromatic N) is 1. The molecule has 1 aliphatic carbocycles. The van der Waals surface area contributed by atoms with Crippen LogP contribution in [0.3, 0.4) is 0 Å². The molecule has 1 aliphatic heterocycles. The standard InChI is InChI=1S/C16H30N2O2/c1-2-3-8-18-11-14(6-7-16(19)20)9-15(12-18)17-10-13-4-5-13/h13-15,17H,2-12H2,1H3,(H,19,20). The van der Waals surface area contributed by atoms with Gasteiger partial charge in [-0.25, -0.2) is 0 Å². The third-order valence-electron chi connectivity index (χ3n) is 4.60. The maximum absolute atomic E-state index is 10.8. The lowest BCUT2D eigenvalue weighted by Crippen LogP contribution is -2.49. The Kier molecular flexibility index (Phi) is 6.30. The van der Waals surface area contributed by atoms with Crippen LogP contribution in [0, 0.1) is 11.8 Å². The molecule has 2 rings (SSSR count). The van der Waals surface area contributed by atoms with Crippen molar-refractivity contribution >= 4 is 5.97 Å². The summed E-state index contributed by atoms with van der Waals surface area (Å²) in [5.74, 6) is 0.810. The first-order valence-corrected chi connectivity index (χ1v) is 8.35. The zero-order valence-electron chi connectivity index (χ0n) is 12.8. The summed E-state index contributed by atoms with van der Waals surface area (Å²) in [6, 6.07) is 0.569. The average molecular weight is 282 g/mol. The summed E-state index contributed by atoms with van der Waals surface area (Å²) < 4.78 is 0. The molecule has 1 saturated carbocycles. The van der Waals surface area contributed by atoms with Crippen LogP contribution in [0.1, 0.15) is 51.9 Å². The molecule has 0 amide bonds. The Morgan fingerprint density at radius 3 is 2.75 bits per heavy atom. The largest absolute Gasteiger partial charge is 0.481 e. The lowest BCUT2D eigenvalue weighted by molar-refractivity contribution is -0.137. The topological polar surface area (TPSA) is 52.6 Å². The molecule has 2 unspecified atom stereocenters. The highest BCUT2D eigenvalue weighted by molar-refractivity contribution is 5.66. The van der Waals surface area contributed by atoms with Gasteiger partial charge >= 0.3 is 5.97 Å². The van der Waals surface area contributed by atoms with Gasteiger partial charge in [0, 0.05) is 25.6 Å². The van der Waals surface area contributed by atoms with Gasteiger partial charge in [-0.3, -0.25) is 4.79 Å². The maximum atomic E-state index is 10.8. The van der Waals surface area contributed by atoms with Crippen molar-refractivity contribution in [3.63, 3.8) is 0 Å². The first kappa shape index (κ1) is 15.8. The second-order valence-electron chi connectivity index (χ2n) is 6.70. The average Bonchev–Trinajstić information content (AvgIpc) is 3.25. The molecule has 2 atom stereocenters. The molecule has 2 aliphatic rings. The molecule has 1 saturated heterocycles. The molecule has 2 N–H and O–H groups in total. The first-order valence-electron chi connectivity index (χ1n) is 8.35. The van der Waals surface area contributed by atoms with Crippen molar-refractivity contribution < 1.29 is 9.90 Å². The number of carbonyl (C=O) groups is 1. The molecule has 116 valence electrons. The number of aliphatic carboxylic acids is 1. The summed E-state index contributed by atoms with van der Waals surface area (Å²) in [5.41, 5.74) is 0. The Balaban J connectivity index is 1.78. The van der Waals surface area contributed by atoms with E-state index in [-0.39, 0.29) is 0 Å². The maximum Gasteiger partial charge on any atom is 0.303 e. The summed E-state index contributed by atoms with van der Waals surface area (Å²) in [7, 11) is 0. The number of likely N-dealkylation sites (tertiary alicyclic amines) is 1. The molecular formula is C16H30N2O2. The number of carboxylic acids is 1. The highest BCUT2D eigenvalue weighted by Crippen LogP contribution is 2.28. The van der Waals surface area contributed by atoms with E-state index in [4.69, 9.17) is 5.11 Å². The Labute approximate surface area is 122 Å². The molecule has 0 radical (unpaired) electrons. The fourth-order valence-corrected chi connectivity index (χ4v) is 3.21. The van der Waals surface area contributed by atoms with Gasteiger partial charge in [0.25, 0.3) is 0 Å². The Morgan fingerprint density at radius 2 is 2.10 bits per heavy atom. The zero-order chi connectivity index (χ0) is 14.4. The first-order chi connectivity index (χ1) is 9.67. The summed E-state index contributed by atoms with van der Waals surface area (Å²) in [5, 5.41) is 12.6. The van der Waals surface area contributed by atoms with Gasteiger partial charge in [-0.05, 0) is 57.0 Å². The molecule has 2 fully saturated rings. The molecular weight excluding hydrogens is 252 g/mol. The van der Waals surface area contributed by atoms with Crippen LogP contribution in [-0.2, 0) is 4.79 Å². The van der Waals surface area contributed by atoms with Crippen molar-refractivity contribution in [3.8, 4) is 0 Å². The third kappa shape index (κ3) is 5.80. The van der Waals surface area contributed by atoms with Crippen molar-refractivity contribution in [3.05, 3.63) is 0 Å². The van der Waals surface area contributed by atoms with E-state index >= 15 is 0 Å². The van der Waals surface area contributed by atoms with Crippen molar-refractivity contribution in [1.82, 2.24) is 10.2 Å². The molecule has 0 aromatic carbocycles. The van der Waals surface area contributed by atoms with Gasteiger partial charge in [-0.15, -0.1) is 0 Å².